The Morgan fingerprint density at radius 1 is 1.38 bits per heavy atom. The third kappa shape index (κ3) is 3.62. The van der Waals surface area contributed by atoms with Crippen molar-refractivity contribution in [2.24, 2.45) is 7.05 Å². The molecule has 2 aromatic heterocycles. The first-order valence-corrected chi connectivity index (χ1v) is 7.60. The van der Waals surface area contributed by atoms with Crippen molar-refractivity contribution in [3.8, 4) is 0 Å². The van der Waals surface area contributed by atoms with Crippen molar-refractivity contribution >= 4 is 23.4 Å². The molecule has 0 unspecified atom stereocenters. The molecule has 8 heteroatoms. The highest BCUT2D eigenvalue weighted by molar-refractivity contribution is 7.98. The molecule has 3 rings (SSSR count). The van der Waals surface area contributed by atoms with E-state index in [0.717, 1.165) is 10.7 Å². The Bertz CT molecular complexity index is 742. The van der Waals surface area contributed by atoms with Crippen molar-refractivity contribution in [3.63, 3.8) is 0 Å². The minimum atomic E-state index is 0.565. The Kier molecular flexibility index (Phi) is 4.21. The summed E-state index contributed by atoms with van der Waals surface area (Å²) >= 11 is 7.46. The van der Waals surface area contributed by atoms with E-state index in [-0.39, 0.29) is 0 Å². The van der Waals surface area contributed by atoms with Gasteiger partial charge in [-0.1, -0.05) is 40.7 Å². The Balaban J connectivity index is 1.62. The minimum Gasteiger partial charge on any atom is -0.338 e. The van der Waals surface area contributed by atoms with Crippen molar-refractivity contribution in [1.82, 2.24) is 24.9 Å². The molecule has 0 aliphatic rings. The first-order chi connectivity index (χ1) is 10.2. The third-order valence-electron chi connectivity index (χ3n) is 2.76. The third-order valence-corrected chi connectivity index (χ3v) is 4.01. The van der Waals surface area contributed by atoms with Gasteiger partial charge in [0, 0.05) is 18.5 Å². The predicted molar refractivity (Wildman–Crippen MR) is 79.1 cm³/mol. The highest BCUT2D eigenvalue weighted by Crippen LogP contribution is 2.19. The zero-order valence-corrected chi connectivity index (χ0v) is 12.8. The van der Waals surface area contributed by atoms with E-state index >= 15 is 0 Å². The van der Waals surface area contributed by atoms with Crippen LogP contribution in [0.1, 0.15) is 17.3 Å². The summed E-state index contributed by atoms with van der Waals surface area (Å²) in [6.07, 6.45) is 2.25. The molecular formula is C13H12ClN5OS. The van der Waals surface area contributed by atoms with Gasteiger partial charge in [-0.15, -0.1) is 10.2 Å². The summed E-state index contributed by atoms with van der Waals surface area (Å²) < 4.78 is 7.07. The lowest BCUT2D eigenvalue weighted by atomic mass is 10.1. The van der Waals surface area contributed by atoms with Gasteiger partial charge in [-0.05, 0) is 17.7 Å². The van der Waals surface area contributed by atoms with Gasteiger partial charge in [0.1, 0.15) is 6.33 Å². The van der Waals surface area contributed by atoms with E-state index in [0.29, 0.717) is 28.9 Å². The number of hydrogen-bond acceptors (Lipinski definition) is 6. The van der Waals surface area contributed by atoms with Crippen molar-refractivity contribution in [2.75, 3.05) is 0 Å². The van der Waals surface area contributed by atoms with Crippen LogP contribution in [0.2, 0.25) is 5.02 Å². The van der Waals surface area contributed by atoms with Crippen LogP contribution in [0.15, 0.2) is 40.3 Å². The smallest absolute Gasteiger partial charge is 0.237 e. The van der Waals surface area contributed by atoms with Crippen molar-refractivity contribution in [3.05, 3.63) is 52.9 Å². The standard InChI is InChI=1S/C13H12ClN5OS/c1-19-8-15-17-13(19)21-7-12-16-11(18-20-12)6-9-3-2-4-10(14)5-9/h2-5,8H,6-7H2,1H3. The number of thioether (sulfide) groups is 1. The fourth-order valence-corrected chi connectivity index (χ4v) is 2.72. The molecule has 0 fully saturated rings. The van der Waals surface area contributed by atoms with Crippen molar-refractivity contribution < 1.29 is 4.52 Å². The number of benzene rings is 1. The topological polar surface area (TPSA) is 69.6 Å². The Hall–Kier alpha value is -1.86. The summed E-state index contributed by atoms with van der Waals surface area (Å²) in [4.78, 5) is 4.37. The molecule has 21 heavy (non-hydrogen) atoms. The summed E-state index contributed by atoms with van der Waals surface area (Å²) in [6, 6.07) is 7.62. The molecule has 0 aliphatic carbocycles. The van der Waals surface area contributed by atoms with Gasteiger partial charge in [0.05, 0.1) is 5.75 Å². The molecule has 0 aliphatic heterocycles. The molecule has 0 amide bonds. The van der Waals surface area contributed by atoms with Crippen LogP contribution in [-0.4, -0.2) is 24.9 Å². The average molecular weight is 322 g/mol. The van der Waals surface area contributed by atoms with E-state index in [1.807, 2.05) is 35.9 Å². The summed E-state index contributed by atoms with van der Waals surface area (Å²) in [6.45, 7) is 0. The quantitative estimate of drug-likeness (QED) is 0.673. The van der Waals surface area contributed by atoms with Gasteiger partial charge < -0.3 is 9.09 Å². The normalized spacial score (nSPS) is 11.0. The molecule has 2 heterocycles. The van der Waals surface area contributed by atoms with Gasteiger partial charge >= 0.3 is 0 Å². The van der Waals surface area contributed by atoms with Crippen molar-refractivity contribution in [2.45, 2.75) is 17.3 Å². The van der Waals surface area contributed by atoms with E-state index in [2.05, 4.69) is 20.3 Å². The maximum atomic E-state index is 5.96. The van der Waals surface area contributed by atoms with Crippen LogP contribution < -0.4 is 0 Å². The van der Waals surface area contributed by atoms with E-state index in [4.69, 9.17) is 16.1 Å². The zero-order chi connectivity index (χ0) is 14.7. The second-order valence-corrected chi connectivity index (χ2v) is 5.80. The van der Waals surface area contributed by atoms with Gasteiger partial charge in [-0.2, -0.15) is 4.98 Å². The minimum absolute atomic E-state index is 0.565. The van der Waals surface area contributed by atoms with Crippen LogP contribution in [0.5, 0.6) is 0 Å². The number of hydrogen-bond donors (Lipinski definition) is 0. The highest BCUT2D eigenvalue weighted by atomic mass is 35.5. The molecule has 0 bridgehead atoms. The lowest BCUT2D eigenvalue weighted by Crippen LogP contribution is -1.92. The van der Waals surface area contributed by atoms with E-state index in [9.17, 15) is 0 Å². The Labute approximate surface area is 130 Å². The van der Waals surface area contributed by atoms with Gasteiger partial charge in [0.25, 0.3) is 0 Å². The van der Waals surface area contributed by atoms with Crippen LogP contribution >= 0.6 is 23.4 Å². The molecule has 3 aromatic rings. The number of halogens is 1. The molecule has 0 saturated heterocycles. The van der Waals surface area contributed by atoms with Crippen molar-refractivity contribution in [1.29, 1.82) is 0 Å². The molecule has 6 nitrogen and oxygen atoms in total. The SMILES string of the molecule is Cn1cnnc1SCc1nc(Cc2cccc(Cl)c2)no1. The van der Waals surface area contributed by atoms with Gasteiger partial charge in [0.15, 0.2) is 11.0 Å². The van der Waals surface area contributed by atoms with Crippen LogP contribution in [-0.2, 0) is 19.2 Å². The Morgan fingerprint density at radius 2 is 2.29 bits per heavy atom. The molecule has 0 spiro atoms. The van der Waals surface area contributed by atoms with Crippen LogP contribution in [0, 0.1) is 0 Å². The number of aryl methyl sites for hydroxylation is 1. The molecule has 108 valence electrons. The predicted octanol–water partition coefficient (Wildman–Crippen LogP) is 2.73. The maximum absolute atomic E-state index is 5.96. The monoisotopic (exact) mass is 321 g/mol. The maximum Gasteiger partial charge on any atom is 0.237 e. The fraction of sp³-hybridized carbons (Fsp3) is 0.231. The molecule has 0 N–H and O–H groups in total. The first kappa shape index (κ1) is 14.1. The van der Waals surface area contributed by atoms with E-state index in [1.165, 1.54) is 11.8 Å². The summed E-state index contributed by atoms with van der Waals surface area (Å²) in [7, 11) is 1.89. The van der Waals surface area contributed by atoms with Gasteiger partial charge in [-0.3, -0.25) is 0 Å². The second-order valence-electron chi connectivity index (χ2n) is 4.42. The summed E-state index contributed by atoms with van der Waals surface area (Å²) in [5.41, 5.74) is 1.05. The molecule has 0 saturated carbocycles. The first-order valence-electron chi connectivity index (χ1n) is 6.23. The average Bonchev–Trinajstić information content (AvgIpc) is 3.06. The lowest BCUT2D eigenvalue weighted by Gasteiger charge is -1.97. The fourth-order valence-electron chi connectivity index (χ4n) is 1.78. The Morgan fingerprint density at radius 3 is 3.05 bits per heavy atom. The second kappa shape index (κ2) is 6.28. The lowest BCUT2D eigenvalue weighted by molar-refractivity contribution is 0.385. The zero-order valence-electron chi connectivity index (χ0n) is 11.2. The number of nitrogens with zero attached hydrogens (tertiary/aromatic N) is 5. The van der Waals surface area contributed by atoms with Crippen LogP contribution in [0.25, 0.3) is 0 Å². The molecule has 1 aromatic carbocycles. The van der Waals surface area contributed by atoms with E-state index in [1.54, 1.807) is 6.33 Å². The molecule has 0 radical (unpaired) electrons. The van der Waals surface area contributed by atoms with Crippen LogP contribution in [0.4, 0.5) is 0 Å². The summed E-state index contributed by atoms with van der Waals surface area (Å²) in [5, 5.41) is 13.3. The summed E-state index contributed by atoms with van der Waals surface area (Å²) in [5.74, 6) is 1.78. The number of rotatable bonds is 5. The van der Waals surface area contributed by atoms with E-state index < -0.39 is 0 Å². The molecular weight excluding hydrogens is 310 g/mol. The largest absolute Gasteiger partial charge is 0.338 e. The highest BCUT2D eigenvalue weighted by Gasteiger charge is 2.10. The van der Waals surface area contributed by atoms with Gasteiger partial charge in [-0.25, -0.2) is 0 Å². The number of aromatic nitrogens is 5. The van der Waals surface area contributed by atoms with Crippen LogP contribution in [0.3, 0.4) is 0 Å². The molecule has 0 atom stereocenters. The van der Waals surface area contributed by atoms with Gasteiger partial charge in [0.2, 0.25) is 5.89 Å².